The minimum absolute atomic E-state index is 0.0650. The molecule has 21 heavy (non-hydrogen) atoms. The first kappa shape index (κ1) is 15.1. The van der Waals surface area contributed by atoms with E-state index in [0.29, 0.717) is 11.4 Å². The zero-order valence-corrected chi connectivity index (χ0v) is 12.5. The highest BCUT2D eigenvalue weighted by molar-refractivity contribution is 7.92. The number of hydrogen-bond donors (Lipinski definition) is 2. The summed E-state index contributed by atoms with van der Waals surface area (Å²) in [6.45, 7) is 1.51. The molecule has 6 nitrogen and oxygen atoms in total. The van der Waals surface area contributed by atoms with Crippen LogP contribution >= 0.6 is 0 Å². The average molecular weight is 305 g/mol. The summed E-state index contributed by atoms with van der Waals surface area (Å²) in [6, 6.07) is 6.42. The Labute approximate surface area is 123 Å². The Kier molecular flexibility index (Phi) is 4.31. The first-order chi connectivity index (χ1) is 9.94. The Morgan fingerprint density at radius 3 is 2.76 bits per heavy atom. The maximum atomic E-state index is 12.5. The molecule has 0 aliphatic carbocycles. The Morgan fingerprint density at radius 2 is 2.14 bits per heavy atom. The van der Waals surface area contributed by atoms with E-state index in [4.69, 9.17) is 5.11 Å². The van der Waals surface area contributed by atoms with Crippen molar-refractivity contribution >= 4 is 15.8 Å². The number of aryl methyl sites for hydroxylation is 2. The minimum atomic E-state index is -3.78. The number of anilines is 1. The van der Waals surface area contributed by atoms with E-state index in [1.807, 2.05) is 6.92 Å². The molecule has 0 aliphatic rings. The van der Waals surface area contributed by atoms with E-state index in [9.17, 15) is 8.42 Å². The van der Waals surface area contributed by atoms with Gasteiger partial charge in [-0.2, -0.15) is 5.10 Å². The number of rotatable bonds is 3. The highest BCUT2D eigenvalue weighted by Crippen LogP contribution is 2.20. The second-order valence-electron chi connectivity index (χ2n) is 4.41. The zero-order chi connectivity index (χ0) is 15.5. The molecule has 2 aromatic rings. The highest BCUT2D eigenvalue weighted by atomic mass is 32.2. The van der Waals surface area contributed by atoms with E-state index in [1.165, 1.54) is 16.9 Å². The van der Waals surface area contributed by atoms with Crippen LogP contribution < -0.4 is 4.72 Å². The second kappa shape index (κ2) is 5.99. The van der Waals surface area contributed by atoms with Crippen molar-refractivity contribution in [2.45, 2.75) is 11.8 Å². The standard InChI is InChI=1S/C14H15N3O3S/c1-11-5-6-13(12(10-11)4-3-9-18)21(19,20)16-14-7-8-15-17(14)2/h5-8,10,16,18H,9H2,1-2H3. The van der Waals surface area contributed by atoms with Crippen molar-refractivity contribution in [3.05, 3.63) is 41.6 Å². The predicted octanol–water partition coefficient (Wildman–Crippen LogP) is 0.873. The van der Waals surface area contributed by atoms with E-state index < -0.39 is 10.0 Å². The molecule has 1 aromatic heterocycles. The van der Waals surface area contributed by atoms with E-state index in [-0.39, 0.29) is 11.5 Å². The Hall–Kier alpha value is -2.30. The van der Waals surface area contributed by atoms with Crippen molar-refractivity contribution in [1.29, 1.82) is 0 Å². The molecule has 110 valence electrons. The largest absolute Gasteiger partial charge is 0.384 e. The number of hydrogen-bond acceptors (Lipinski definition) is 4. The van der Waals surface area contributed by atoms with E-state index in [1.54, 1.807) is 25.2 Å². The summed E-state index contributed by atoms with van der Waals surface area (Å²) in [6.07, 6.45) is 1.50. The highest BCUT2D eigenvalue weighted by Gasteiger charge is 2.19. The lowest BCUT2D eigenvalue weighted by atomic mass is 10.1. The first-order valence-electron chi connectivity index (χ1n) is 6.15. The van der Waals surface area contributed by atoms with Gasteiger partial charge < -0.3 is 5.11 Å². The molecule has 0 unspecified atom stereocenters. The number of aliphatic hydroxyl groups excluding tert-OH is 1. The van der Waals surface area contributed by atoms with Crippen LogP contribution in [0.1, 0.15) is 11.1 Å². The zero-order valence-electron chi connectivity index (χ0n) is 11.7. The first-order valence-corrected chi connectivity index (χ1v) is 7.63. The number of aliphatic hydroxyl groups is 1. The number of nitrogens with zero attached hydrogens (tertiary/aromatic N) is 2. The molecule has 0 aliphatic heterocycles. The molecule has 0 spiro atoms. The van der Waals surface area contributed by atoms with Gasteiger partial charge in [0.25, 0.3) is 10.0 Å². The number of benzene rings is 1. The van der Waals surface area contributed by atoms with Crippen molar-refractivity contribution in [1.82, 2.24) is 9.78 Å². The summed E-state index contributed by atoms with van der Waals surface area (Å²) in [5.41, 5.74) is 1.23. The summed E-state index contributed by atoms with van der Waals surface area (Å²) in [5.74, 6) is 5.49. The van der Waals surface area contributed by atoms with Gasteiger partial charge in [0.15, 0.2) is 0 Å². The molecular formula is C14H15N3O3S. The lowest BCUT2D eigenvalue weighted by molar-refractivity contribution is 0.350. The van der Waals surface area contributed by atoms with Gasteiger partial charge >= 0.3 is 0 Å². The van der Waals surface area contributed by atoms with Crippen LogP contribution in [0.2, 0.25) is 0 Å². The van der Waals surface area contributed by atoms with Crippen LogP contribution in [0.5, 0.6) is 0 Å². The molecule has 0 radical (unpaired) electrons. The number of nitrogens with one attached hydrogen (secondary N) is 1. The van der Waals surface area contributed by atoms with Gasteiger partial charge in [-0.3, -0.25) is 9.40 Å². The minimum Gasteiger partial charge on any atom is -0.384 e. The van der Waals surface area contributed by atoms with Gasteiger partial charge in [0.1, 0.15) is 17.3 Å². The molecule has 0 fully saturated rings. The third-order valence-corrected chi connectivity index (χ3v) is 4.20. The molecule has 0 saturated heterocycles. The number of aromatic nitrogens is 2. The predicted molar refractivity (Wildman–Crippen MR) is 79.2 cm³/mol. The second-order valence-corrected chi connectivity index (χ2v) is 6.06. The van der Waals surface area contributed by atoms with E-state index >= 15 is 0 Å². The number of sulfonamides is 1. The van der Waals surface area contributed by atoms with Crippen molar-refractivity contribution in [2.24, 2.45) is 7.05 Å². The van der Waals surface area contributed by atoms with E-state index in [0.717, 1.165) is 5.56 Å². The third kappa shape index (κ3) is 3.42. The van der Waals surface area contributed by atoms with Crippen molar-refractivity contribution in [3.63, 3.8) is 0 Å². The molecule has 7 heteroatoms. The molecule has 0 amide bonds. The van der Waals surface area contributed by atoms with Gasteiger partial charge in [0, 0.05) is 18.7 Å². The molecule has 0 atom stereocenters. The Morgan fingerprint density at radius 1 is 1.38 bits per heavy atom. The summed E-state index contributed by atoms with van der Waals surface area (Å²) >= 11 is 0. The maximum absolute atomic E-state index is 12.5. The molecule has 2 rings (SSSR count). The summed E-state index contributed by atoms with van der Waals surface area (Å²) < 4.78 is 28.8. The van der Waals surface area contributed by atoms with Crippen LogP contribution in [0, 0.1) is 18.8 Å². The fraction of sp³-hybridized carbons (Fsp3) is 0.214. The maximum Gasteiger partial charge on any atom is 0.264 e. The smallest absolute Gasteiger partial charge is 0.264 e. The lowest BCUT2D eigenvalue weighted by Crippen LogP contribution is -2.16. The Bertz CT molecular complexity index is 813. The van der Waals surface area contributed by atoms with Crippen LogP contribution in [0.15, 0.2) is 35.4 Å². The van der Waals surface area contributed by atoms with Gasteiger partial charge in [-0.15, -0.1) is 0 Å². The monoisotopic (exact) mass is 305 g/mol. The normalized spacial score (nSPS) is 10.8. The average Bonchev–Trinajstić information content (AvgIpc) is 2.81. The van der Waals surface area contributed by atoms with Gasteiger partial charge in [0.2, 0.25) is 0 Å². The van der Waals surface area contributed by atoms with Crippen LogP contribution in [0.3, 0.4) is 0 Å². The fourth-order valence-electron chi connectivity index (χ4n) is 1.78. The molecule has 0 bridgehead atoms. The molecule has 1 aromatic carbocycles. The van der Waals surface area contributed by atoms with Gasteiger partial charge in [0.05, 0.1) is 6.20 Å². The van der Waals surface area contributed by atoms with E-state index in [2.05, 4.69) is 21.7 Å². The van der Waals surface area contributed by atoms with Crippen molar-refractivity contribution in [3.8, 4) is 11.8 Å². The molecular weight excluding hydrogens is 290 g/mol. The third-order valence-electron chi connectivity index (χ3n) is 2.79. The van der Waals surface area contributed by atoms with Crippen LogP contribution in [0.25, 0.3) is 0 Å². The fourth-order valence-corrected chi connectivity index (χ4v) is 3.01. The quantitative estimate of drug-likeness (QED) is 0.824. The molecule has 1 heterocycles. The van der Waals surface area contributed by atoms with Gasteiger partial charge in [-0.1, -0.05) is 17.9 Å². The van der Waals surface area contributed by atoms with Crippen LogP contribution in [-0.4, -0.2) is 29.9 Å². The van der Waals surface area contributed by atoms with Crippen molar-refractivity contribution < 1.29 is 13.5 Å². The van der Waals surface area contributed by atoms with Gasteiger partial charge in [-0.25, -0.2) is 8.42 Å². The molecule has 2 N–H and O–H groups in total. The summed E-state index contributed by atoms with van der Waals surface area (Å²) in [7, 11) is -2.14. The summed E-state index contributed by atoms with van der Waals surface area (Å²) in [5, 5.41) is 12.7. The topological polar surface area (TPSA) is 84.2 Å². The lowest BCUT2D eigenvalue weighted by Gasteiger charge is -2.10. The molecule has 0 saturated carbocycles. The SMILES string of the molecule is Cc1ccc(S(=O)(=O)Nc2ccnn2C)c(C#CCO)c1. The van der Waals surface area contributed by atoms with Crippen molar-refractivity contribution in [2.75, 3.05) is 11.3 Å². The van der Waals surface area contributed by atoms with Crippen LogP contribution in [-0.2, 0) is 17.1 Å². The van der Waals surface area contributed by atoms with Crippen LogP contribution in [0.4, 0.5) is 5.82 Å². The summed E-state index contributed by atoms with van der Waals surface area (Å²) in [4.78, 5) is 0.0650. The van der Waals surface area contributed by atoms with Gasteiger partial charge in [-0.05, 0) is 24.6 Å². The Balaban J connectivity index is 2.47.